The summed E-state index contributed by atoms with van der Waals surface area (Å²) >= 11 is 1.36. The lowest BCUT2D eigenvalue weighted by atomic mass is 10.2. The predicted octanol–water partition coefficient (Wildman–Crippen LogP) is 0.425. The number of sulfonamides is 1. The summed E-state index contributed by atoms with van der Waals surface area (Å²) in [6.07, 6.45) is 1.93. The Labute approximate surface area is 162 Å². The van der Waals surface area contributed by atoms with Gasteiger partial charge in [-0.05, 0) is 31.0 Å². The fourth-order valence-corrected chi connectivity index (χ4v) is 5.44. The summed E-state index contributed by atoms with van der Waals surface area (Å²) in [4.78, 5) is 26.9. The van der Waals surface area contributed by atoms with Gasteiger partial charge in [-0.25, -0.2) is 8.42 Å². The number of thioether (sulfide) groups is 1. The first-order chi connectivity index (χ1) is 12.9. The van der Waals surface area contributed by atoms with Gasteiger partial charge in [0.2, 0.25) is 21.8 Å². The average Bonchev–Trinajstić information content (AvgIpc) is 3.48. The van der Waals surface area contributed by atoms with Gasteiger partial charge in [0.05, 0.1) is 29.5 Å². The molecule has 146 valence electrons. The summed E-state index contributed by atoms with van der Waals surface area (Å²) in [6, 6.07) is 4.99. The number of morpholine rings is 1. The molecule has 10 heteroatoms. The van der Waals surface area contributed by atoms with Gasteiger partial charge >= 0.3 is 0 Å². The maximum Gasteiger partial charge on any atom is 0.243 e. The van der Waals surface area contributed by atoms with E-state index in [9.17, 15) is 18.0 Å². The molecule has 2 aliphatic heterocycles. The molecule has 0 radical (unpaired) electrons. The molecule has 1 saturated heterocycles. The first kappa shape index (κ1) is 18.7. The van der Waals surface area contributed by atoms with Crippen LogP contribution in [0.1, 0.15) is 12.8 Å². The first-order valence-corrected chi connectivity index (χ1v) is 11.3. The number of fused-ring (bicyclic) bond motifs is 1. The van der Waals surface area contributed by atoms with Crippen LogP contribution in [0.2, 0.25) is 0 Å². The van der Waals surface area contributed by atoms with E-state index in [2.05, 4.69) is 5.32 Å². The molecule has 0 spiro atoms. The Balaban J connectivity index is 1.61. The molecule has 8 nitrogen and oxygen atoms in total. The molecule has 2 heterocycles. The number of carbonyl (C=O) groups excluding carboxylic acids is 2. The monoisotopic (exact) mass is 411 g/mol. The Morgan fingerprint density at radius 1 is 1.26 bits per heavy atom. The highest BCUT2D eigenvalue weighted by Crippen LogP contribution is 2.37. The molecule has 1 saturated carbocycles. The molecule has 3 aliphatic rings. The number of hydrogen-bond acceptors (Lipinski definition) is 6. The summed E-state index contributed by atoms with van der Waals surface area (Å²) in [5.41, 5.74) is 0.483. The predicted molar refractivity (Wildman–Crippen MR) is 100 cm³/mol. The summed E-state index contributed by atoms with van der Waals surface area (Å²) in [6.45, 7) is 1.25. The lowest BCUT2D eigenvalue weighted by Gasteiger charge is -2.30. The normalized spacial score (nSPS) is 21.0. The summed E-state index contributed by atoms with van der Waals surface area (Å²) in [5, 5.41) is 2.87. The van der Waals surface area contributed by atoms with E-state index in [-0.39, 0.29) is 35.0 Å². The standard InChI is InChI=1S/C17H21N3O5S2/c21-16(18-12-1-2-12)10-20-14-9-13(3-4-15(14)26-11-17(20)22)27(23,24)19-5-7-25-8-6-19/h3-4,9,12H,1-2,5-8,10-11H2,(H,18,21). The van der Waals surface area contributed by atoms with E-state index in [1.807, 2.05) is 0 Å². The van der Waals surface area contributed by atoms with Crippen LogP contribution in [-0.2, 0) is 24.3 Å². The Morgan fingerprint density at radius 3 is 2.70 bits per heavy atom. The van der Waals surface area contributed by atoms with Crippen molar-refractivity contribution < 1.29 is 22.7 Å². The molecule has 2 amide bonds. The first-order valence-electron chi connectivity index (χ1n) is 8.89. The van der Waals surface area contributed by atoms with Crippen LogP contribution < -0.4 is 10.2 Å². The quantitative estimate of drug-likeness (QED) is 0.755. The lowest BCUT2D eigenvalue weighted by molar-refractivity contribution is -0.123. The summed E-state index contributed by atoms with van der Waals surface area (Å²) in [5.74, 6) is -0.177. The number of benzene rings is 1. The Kier molecular flexibility index (Phi) is 5.15. The number of amides is 2. The highest BCUT2D eigenvalue weighted by molar-refractivity contribution is 8.00. The Hall–Kier alpha value is -1.62. The number of carbonyl (C=O) groups is 2. The maximum absolute atomic E-state index is 12.9. The molecule has 0 atom stereocenters. The molecule has 0 aromatic heterocycles. The smallest absolute Gasteiger partial charge is 0.243 e. The van der Waals surface area contributed by atoms with Crippen LogP contribution in [0.3, 0.4) is 0 Å². The van der Waals surface area contributed by atoms with Crippen molar-refractivity contribution in [3.63, 3.8) is 0 Å². The zero-order valence-electron chi connectivity index (χ0n) is 14.7. The maximum atomic E-state index is 12.9. The molecule has 2 fully saturated rings. The molecule has 1 aliphatic carbocycles. The van der Waals surface area contributed by atoms with Gasteiger partial charge in [-0.2, -0.15) is 4.31 Å². The zero-order valence-corrected chi connectivity index (χ0v) is 16.4. The molecule has 1 N–H and O–H groups in total. The average molecular weight is 412 g/mol. The van der Waals surface area contributed by atoms with Crippen LogP contribution >= 0.6 is 11.8 Å². The van der Waals surface area contributed by atoms with E-state index in [0.29, 0.717) is 32.0 Å². The summed E-state index contributed by atoms with van der Waals surface area (Å²) < 4.78 is 32.5. The van der Waals surface area contributed by atoms with Gasteiger partial charge in [0.15, 0.2) is 0 Å². The van der Waals surface area contributed by atoms with Crippen LogP contribution in [0.25, 0.3) is 0 Å². The van der Waals surface area contributed by atoms with Crippen LogP contribution in [0.5, 0.6) is 0 Å². The largest absolute Gasteiger partial charge is 0.379 e. The van der Waals surface area contributed by atoms with Crippen LogP contribution in [0.15, 0.2) is 28.0 Å². The van der Waals surface area contributed by atoms with E-state index in [1.54, 1.807) is 12.1 Å². The molecule has 27 heavy (non-hydrogen) atoms. The van der Waals surface area contributed by atoms with Gasteiger partial charge in [0, 0.05) is 24.0 Å². The van der Waals surface area contributed by atoms with Gasteiger partial charge in [0.1, 0.15) is 6.54 Å². The van der Waals surface area contributed by atoms with Crippen LogP contribution in [0, 0.1) is 0 Å². The number of nitrogens with one attached hydrogen (secondary N) is 1. The summed E-state index contributed by atoms with van der Waals surface area (Å²) in [7, 11) is -3.67. The Morgan fingerprint density at radius 2 is 2.00 bits per heavy atom. The highest BCUT2D eigenvalue weighted by Gasteiger charge is 2.32. The third-order valence-electron chi connectivity index (χ3n) is 4.73. The number of ether oxygens (including phenoxy) is 1. The van der Waals surface area contributed by atoms with Crippen molar-refractivity contribution in [2.75, 3.05) is 43.5 Å². The minimum atomic E-state index is -3.67. The minimum absolute atomic E-state index is 0.0933. The van der Waals surface area contributed by atoms with E-state index in [1.165, 1.54) is 27.0 Å². The molecule has 1 aromatic carbocycles. The minimum Gasteiger partial charge on any atom is -0.379 e. The fourth-order valence-electron chi connectivity index (χ4n) is 3.10. The van der Waals surface area contributed by atoms with Crippen molar-refractivity contribution in [2.45, 2.75) is 28.7 Å². The molecule has 1 aromatic rings. The third-order valence-corrected chi connectivity index (χ3v) is 7.67. The van der Waals surface area contributed by atoms with Crippen LogP contribution in [-0.4, -0.2) is 69.2 Å². The van der Waals surface area contributed by atoms with Crippen molar-refractivity contribution in [3.05, 3.63) is 18.2 Å². The number of nitrogens with zero attached hydrogens (tertiary/aromatic N) is 2. The molecule has 0 unspecified atom stereocenters. The molecular weight excluding hydrogens is 390 g/mol. The van der Waals surface area contributed by atoms with Crippen LogP contribution in [0.4, 0.5) is 5.69 Å². The highest BCUT2D eigenvalue weighted by atomic mass is 32.2. The van der Waals surface area contributed by atoms with E-state index >= 15 is 0 Å². The van der Waals surface area contributed by atoms with E-state index in [4.69, 9.17) is 4.74 Å². The molecule has 0 bridgehead atoms. The third kappa shape index (κ3) is 3.98. The number of anilines is 1. The van der Waals surface area contributed by atoms with Crippen molar-refractivity contribution >= 4 is 39.3 Å². The Bertz CT molecular complexity index is 863. The van der Waals surface area contributed by atoms with Gasteiger partial charge in [0.25, 0.3) is 0 Å². The topological polar surface area (TPSA) is 96.0 Å². The van der Waals surface area contributed by atoms with Crippen molar-refractivity contribution in [1.82, 2.24) is 9.62 Å². The second-order valence-electron chi connectivity index (χ2n) is 6.76. The van der Waals surface area contributed by atoms with Crippen molar-refractivity contribution in [3.8, 4) is 0 Å². The van der Waals surface area contributed by atoms with Gasteiger partial charge in [-0.3, -0.25) is 9.59 Å². The van der Waals surface area contributed by atoms with Gasteiger partial charge < -0.3 is 15.0 Å². The van der Waals surface area contributed by atoms with Crippen molar-refractivity contribution in [2.24, 2.45) is 0 Å². The second kappa shape index (κ2) is 7.42. The lowest BCUT2D eigenvalue weighted by Crippen LogP contribution is -2.44. The van der Waals surface area contributed by atoms with E-state index < -0.39 is 10.0 Å². The fraction of sp³-hybridized carbons (Fsp3) is 0.529. The molecule has 4 rings (SSSR count). The SMILES string of the molecule is O=C(CN1C(=O)CSc2ccc(S(=O)(=O)N3CCOCC3)cc21)NC1CC1. The zero-order chi connectivity index (χ0) is 19.0. The second-order valence-corrected chi connectivity index (χ2v) is 9.71. The van der Waals surface area contributed by atoms with Gasteiger partial charge in [-0.15, -0.1) is 11.8 Å². The molecular formula is C17H21N3O5S2. The number of hydrogen-bond donors (Lipinski definition) is 1. The van der Waals surface area contributed by atoms with Crippen molar-refractivity contribution in [1.29, 1.82) is 0 Å². The number of rotatable bonds is 5. The van der Waals surface area contributed by atoms with Gasteiger partial charge in [-0.1, -0.05) is 0 Å². The van der Waals surface area contributed by atoms with E-state index in [0.717, 1.165) is 17.7 Å².